The Morgan fingerprint density at radius 1 is 1.37 bits per heavy atom. The quantitative estimate of drug-likeness (QED) is 0.805. The summed E-state index contributed by atoms with van der Waals surface area (Å²) < 4.78 is 0. The van der Waals surface area contributed by atoms with Crippen LogP contribution in [-0.4, -0.2) is 33.1 Å². The fraction of sp³-hybridized carbons (Fsp3) is 0.500. The van der Waals surface area contributed by atoms with Gasteiger partial charge in [-0.15, -0.1) is 0 Å². The summed E-state index contributed by atoms with van der Waals surface area (Å²) in [7, 11) is 3.56. The van der Waals surface area contributed by atoms with Crippen LogP contribution in [0.4, 0.5) is 5.69 Å². The average Bonchev–Trinajstić information content (AvgIpc) is 2.40. The molecule has 1 amide bonds. The molecule has 106 valence electrons. The lowest BCUT2D eigenvalue weighted by Gasteiger charge is -2.26. The molecular formula is C14H22ClN3O. The summed E-state index contributed by atoms with van der Waals surface area (Å²) in [6.45, 7) is 4.02. The predicted molar refractivity (Wildman–Crippen MR) is 80.8 cm³/mol. The van der Waals surface area contributed by atoms with Crippen LogP contribution in [0, 0.1) is 0 Å². The van der Waals surface area contributed by atoms with Crippen molar-refractivity contribution in [2.75, 3.05) is 32.1 Å². The van der Waals surface area contributed by atoms with E-state index in [1.165, 1.54) is 0 Å². The van der Waals surface area contributed by atoms with Crippen LogP contribution in [0.5, 0.6) is 0 Å². The number of nitrogens with zero attached hydrogens (tertiary/aromatic N) is 1. The number of likely N-dealkylation sites (N-methyl/N-ethyl adjacent to an activating group) is 1. The first-order valence-electron chi connectivity index (χ1n) is 6.50. The molecule has 0 bridgehead atoms. The van der Waals surface area contributed by atoms with Crippen LogP contribution in [0.2, 0.25) is 5.02 Å². The maximum Gasteiger partial charge on any atom is 0.239 e. The molecule has 1 aromatic carbocycles. The lowest BCUT2D eigenvalue weighted by Crippen LogP contribution is -2.36. The van der Waals surface area contributed by atoms with Gasteiger partial charge in [0.15, 0.2) is 0 Å². The molecule has 0 saturated heterocycles. The first-order valence-corrected chi connectivity index (χ1v) is 6.88. The van der Waals surface area contributed by atoms with Gasteiger partial charge in [0.05, 0.1) is 6.54 Å². The van der Waals surface area contributed by atoms with Crippen LogP contribution >= 0.6 is 11.6 Å². The van der Waals surface area contributed by atoms with Gasteiger partial charge in [-0.1, -0.05) is 24.6 Å². The number of halogens is 1. The summed E-state index contributed by atoms with van der Waals surface area (Å²) in [4.78, 5) is 13.7. The van der Waals surface area contributed by atoms with Crippen LogP contribution < -0.4 is 15.5 Å². The second-order valence-corrected chi connectivity index (χ2v) is 4.83. The van der Waals surface area contributed by atoms with E-state index in [0.29, 0.717) is 11.6 Å². The lowest BCUT2D eigenvalue weighted by molar-refractivity contribution is -0.119. The van der Waals surface area contributed by atoms with Crippen LogP contribution in [-0.2, 0) is 11.3 Å². The van der Waals surface area contributed by atoms with E-state index in [9.17, 15) is 4.79 Å². The number of rotatable bonds is 7. The molecule has 0 unspecified atom stereocenters. The minimum absolute atomic E-state index is 0.00355. The van der Waals surface area contributed by atoms with E-state index in [4.69, 9.17) is 11.6 Å². The van der Waals surface area contributed by atoms with E-state index in [2.05, 4.69) is 22.5 Å². The van der Waals surface area contributed by atoms with E-state index < -0.39 is 0 Å². The minimum Gasteiger partial charge on any atom is -0.362 e. The first-order chi connectivity index (χ1) is 9.12. The molecule has 1 aromatic rings. The number of carbonyl (C=O) groups is 1. The molecule has 0 aliphatic carbocycles. The summed E-state index contributed by atoms with van der Waals surface area (Å²) in [5, 5.41) is 6.49. The number of amides is 1. The molecule has 1 rings (SSSR count). The third-order valence-corrected chi connectivity index (χ3v) is 3.10. The van der Waals surface area contributed by atoms with Gasteiger partial charge in [-0.3, -0.25) is 4.79 Å². The number of hydrogen-bond acceptors (Lipinski definition) is 3. The number of hydrogen-bond donors (Lipinski definition) is 2. The Hall–Kier alpha value is -1.26. The van der Waals surface area contributed by atoms with Gasteiger partial charge in [-0.05, 0) is 31.2 Å². The molecule has 0 atom stereocenters. The molecule has 0 heterocycles. The number of benzene rings is 1. The number of carbonyl (C=O) groups excluding carboxylic acids is 1. The highest BCUT2D eigenvalue weighted by Gasteiger charge is 2.14. The Morgan fingerprint density at radius 2 is 2.11 bits per heavy atom. The summed E-state index contributed by atoms with van der Waals surface area (Å²) in [6, 6.07) is 5.80. The Morgan fingerprint density at radius 3 is 2.68 bits per heavy atom. The summed E-state index contributed by atoms with van der Waals surface area (Å²) in [5.74, 6) is 0.00355. The monoisotopic (exact) mass is 283 g/mol. The highest BCUT2D eigenvalue weighted by atomic mass is 35.5. The minimum atomic E-state index is 0.00355. The van der Waals surface area contributed by atoms with Crippen LogP contribution in [0.3, 0.4) is 0 Å². The topological polar surface area (TPSA) is 44.4 Å². The maximum atomic E-state index is 11.6. The van der Waals surface area contributed by atoms with E-state index in [1.807, 2.05) is 25.2 Å². The molecule has 19 heavy (non-hydrogen) atoms. The largest absolute Gasteiger partial charge is 0.362 e. The zero-order chi connectivity index (χ0) is 14.3. The van der Waals surface area contributed by atoms with Crippen molar-refractivity contribution in [1.29, 1.82) is 0 Å². The van der Waals surface area contributed by atoms with Gasteiger partial charge < -0.3 is 15.5 Å². The van der Waals surface area contributed by atoms with Crippen molar-refractivity contribution < 1.29 is 4.79 Å². The molecule has 5 heteroatoms. The Labute approximate surface area is 120 Å². The van der Waals surface area contributed by atoms with Gasteiger partial charge in [0.25, 0.3) is 0 Å². The Balaban J connectivity index is 3.04. The van der Waals surface area contributed by atoms with Crippen LogP contribution in [0.15, 0.2) is 18.2 Å². The number of nitrogens with one attached hydrogen (secondary N) is 2. The van der Waals surface area contributed by atoms with E-state index in [-0.39, 0.29) is 5.91 Å². The SMILES string of the molecule is CCCN(CC(=O)NC)c1cc(Cl)ccc1CNC. The molecule has 0 radical (unpaired) electrons. The normalized spacial score (nSPS) is 10.3. The molecule has 4 nitrogen and oxygen atoms in total. The van der Waals surface area contributed by atoms with Crippen molar-refractivity contribution in [1.82, 2.24) is 10.6 Å². The lowest BCUT2D eigenvalue weighted by atomic mass is 10.1. The highest BCUT2D eigenvalue weighted by molar-refractivity contribution is 6.30. The first kappa shape index (κ1) is 15.8. The number of anilines is 1. The van der Waals surface area contributed by atoms with Crippen molar-refractivity contribution >= 4 is 23.2 Å². The second kappa shape index (κ2) is 8.02. The molecule has 2 N–H and O–H groups in total. The summed E-state index contributed by atoms with van der Waals surface area (Å²) >= 11 is 6.08. The molecule has 0 saturated carbocycles. The standard InChI is InChI=1S/C14H22ClN3O/c1-4-7-18(10-14(19)17-3)13-8-12(15)6-5-11(13)9-16-2/h5-6,8,16H,4,7,9-10H2,1-3H3,(H,17,19). The third kappa shape index (κ3) is 4.73. The van der Waals surface area contributed by atoms with Crippen molar-refractivity contribution in [3.8, 4) is 0 Å². The third-order valence-electron chi connectivity index (χ3n) is 2.86. The van der Waals surface area contributed by atoms with Crippen LogP contribution in [0.25, 0.3) is 0 Å². The van der Waals surface area contributed by atoms with Crippen molar-refractivity contribution in [3.63, 3.8) is 0 Å². The zero-order valence-corrected chi connectivity index (χ0v) is 12.5. The van der Waals surface area contributed by atoms with Crippen LogP contribution in [0.1, 0.15) is 18.9 Å². The molecule has 0 aliphatic heterocycles. The van der Waals surface area contributed by atoms with Gasteiger partial charge in [0, 0.05) is 30.8 Å². The molecule has 0 aromatic heterocycles. The van der Waals surface area contributed by atoms with Crippen molar-refractivity contribution in [2.24, 2.45) is 0 Å². The van der Waals surface area contributed by atoms with Gasteiger partial charge in [-0.25, -0.2) is 0 Å². The summed E-state index contributed by atoms with van der Waals surface area (Å²) in [6.07, 6.45) is 0.975. The van der Waals surface area contributed by atoms with Gasteiger partial charge in [0.1, 0.15) is 0 Å². The second-order valence-electron chi connectivity index (χ2n) is 4.40. The van der Waals surface area contributed by atoms with Gasteiger partial charge in [-0.2, -0.15) is 0 Å². The smallest absolute Gasteiger partial charge is 0.239 e. The molecular weight excluding hydrogens is 262 g/mol. The molecule has 0 spiro atoms. The predicted octanol–water partition coefficient (Wildman–Crippen LogP) is 2.02. The molecule has 0 aliphatic rings. The van der Waals surface area contributed by atoms with Crippen molar-refractivity contribution in [2.45, 2.75) is 19.9 Å². The van der Waals surface area contributed by atoms with Gasteiger partial charge >= 0.3 is 0 Å². The fourth-order valence-corrected chi connectivity index (χ4v) is 2.14. The average molecular weight is 284 g/mol. The van der Waals surface area contributed by atoms with E-state index >= 15 is 0 Å². The maximum absolute atomic E-state index is 11.6. The fourth-order valence-electron chi connectivity index (χ4n) is 1.98. The van der Waals surface area contributed by atoms with Gasteiger partial charge in [0.2, 0.25) is 5.91 Å². The Kier molecular flexibility index (Phi) is 6.67. The molecule has 0 fully saturated rings. The summed E-state index contributed by atoms with van der Waals surface area (Å²) in [5.41, 5.74) is 2.16. The zero-order valence-electron chi connectivity index (χ0n) is 11.8. The van der Waals surface area contributed by atoms with Crippen molar-refractivity contribution in [3.05, 3.63) is 28.8 Å². The van der Waals surface area contributed by atoms with E-state index in [0.717, 1.165) is 30.8 Å². The van der Waals surface area contributed by atoms with E-state index in [1.54, 1.807) is 7.05 Å². The highest BCUT2D eigenvalue weighted by Crippen LogP contribution is 2.25. The Bertz CT molecular complexity index is 423.